The van der Waals surface area contributed by atoms with E-state index in [4.69, 9.17) is 21.4 Å². The Labute approximate surface area is 159 Å². The summed E-state index contributed by atoms with van der Waals surface area (Å²) in [5, 5.41) is 11.4. The summed E-state index contributed by atoms with van der Waals surface area (Å²) in [6.45, 7) is 2.11. The van der Waals surface area contributed by atoms with Crippen LogP contribution < -0.4 is 4.74 Å². The van der Waals surface area contributed by atoms with E-state index in [2.05, 4.69) is 15.3 Å². The van der Waals surface area contributed by atoms with Gasteiger partial charge < -0.3 is 9.15 Å². The normalized spacial score (nSPS) is 11.1. The van der Waals surface area contributed by atoms with Crippen LogP contribution in [0.25, 0.3) is 17.3 Å². The van der Waals surface area contributed by atoms with E-state index in [1.165, 1.54) is 12.1 Å². The molecule has 0 saturated heterocycles. The molecular weight excluding hydrogens is 369 g/mol. The SMILES string of the molecule is Cc1nn(C)cc1-n1c(-c2ccc(COc3ccc(F)cc3)o2)n[nH]c1=S. The summed E-state index contributed by atoms with van der Waals surface area (Å²) in [5.41, 5.74) is 1.65. The Morgan fingerprint density at radius 3 is 2.70 bits per heavy atom. The molecule has 0 aliphatic carbocycles. The first-order valence-electron chi connectivity index (χ1n) is 8.17. The summed E-state index contributed by atoms with van der Waals surface area (Å²) in [6.07, 6.45) is 1.87. The second-order valence-electron chi connectivity index (χ2n) is 5.97. The number of hydrogen-bond donors (Lipinski definition) is 1. The van der Waals surface area contributed by atoms with Gasteiger partial charge in [0.2, 0.25) is 5.82 Å². The van der Waals surface area contributed by atoms with Gasteiger partial charge in [-0.2, -0.15) is 10.2 Å². The number of benzene rings is 1. The van der Waals surface area contributed by atoms with Gasteiger partial charge in [-0.3, -0.25) is 14.3 Å². The lowest BCUT2D eigenvalue weighted by atomic mass is 10.3. The zero-order valence-electron chi connectivity index (χ0n) is 14.6. The van der Waals surface area contributed by atoms with Crippen LogP contribution in [0.5, 0.6) is 5.75 Å². The maximum atomic E-state index is 12.9. The number of H-pyrrole nitrogens is 1. The third-order valence-electron chi connectivity index (χ3n) is 3.98. The number of rotatable bonds is 5. The van der Waals surface area contributed by atoms with E-state index in [0.717, 1.165) is 11.4 Å². The van der Waals surface area contributed by atoms with Gasteiger partial charge in [0.1, 0.15) is 23.9 Å². The molecule has 3 aromatic heterocycles. The van der Waals surface area contributed by atoms with Crippen LogP contribution in [0.1, 0.15) is 11.5 Å². The summed E-state index contributed by atoms with van der Waals surface area (Å²) in [7, 11) is 1.84. The Balaban J connectivity index is 1.60. The smallest absolute Gasteiger partial charge is 0.203 e. The van der Waals surface area contributed by atoms with E-state index >= 15 is 0 Å². The summed E-state index contributed by atoms with van der Waals surface area (Å²) in [4.78, 5) is 0. The highest BCUT2D eigenvalue weighted by Gasteiger charge is 2.17. The van der Waals surface area contributed by atoms with Crippen LogP contribution in [0.3, 0.4) is 0 Å². The molecule has 0 radical (unpaired) electrons. The van der Waals surface area contributed by atoms with Crippen LogP contribution in [0.15, 0.2) is 47.0 Å². The van der Waals surface area contributed by atoms with Crippen LogP contribution in [-0.2, 0) is 13.7 Å². The zero-order chi connectivity index (χ0) is 19.0. The second kappa shape index (κ2) is 6.84. The first-order valence-corrected chi connectivity index (χ1v) is 8.57. The highest BCUT2D eigenvalue weighted by Crippen LogP contribution is 2.25. The number of ether oxygens (including phenoxy) is 1. The van der Waals surface area contributed by atoms with Crippen molar-refractivity contribution in [2.45, 2.75) is 13.5 Å². The number of aromatic nitrogens is 5. The van der Waals surface area contributed by atoms with Crippen LogP contribution in [0.2, 0.25) is 0 Å². The van der Waals surface area contributed by atoms with Crippen molar-refractivity contribution in [2.24, 2.45) is 7.05 Å². The number of halogens is 1. The number of nitrogens with one attached hydrogen (secondary N) is 1. The van der Waals surface area contributed by atoms with E-state index in [0.29, 0.717) is 27.9 Å². The summed E-state index contributed by atoms with van der Waals surface area (Å²) >= 11 is 5.37. The van der Waals surface area contributed by atoms with E-state index < -0.39 is 0 Å². The van der Waals surface area contributed by atoms with Gasteiger partial charge >= 0.3 is 0 Å². The lowest BCUT2D eigenvalue weighted by Gasteiger charge is -2.04. The molecule has 0 bridgehead atoms. The summed E-state index contributed by atoms with van der Waals surface area (Å²) in [5.74, 6) is 1.95. The average Bonchev–Trinajstić information content (AvgIpc) is 3.33. The lowest BCUT2D eigenvalue weighted by molar-refractivity contribution is 0.271. The maximum absolute atomic E-state index is 12.9. The highest BCUT2D eigenvalue weighted by molar-refractivity contribution is 7.71. The van der Waals surface area contributed by atoms with Gasteiger partial charge in [-0.25, -0.2) is 4.39 Å². The van der Waals surface area contributed by atoms with Gasteiger partial charge in [-0.15, -0.1) is 0 Å². The van der Waals surface area contributed by atoms with Crippen molar-refractivity contribution in [3.63, 3.8) is 0 Å². The van der Waals surface area contributed by atoms with Crippen molar-refractivity contribution in [2.75, 3.05) is 0 Å². The van der Waals surface area contributed by atoms with Crippen molar-refractivity contribution < 1.29 is 13.5 Å². The molecule has 0 unspecified atom stereocenters. The Bertz CT molecular complexity index is 1140. The highest BCUT2D eigenvalue weighted by atomic mass is 32.1. The number of aryl methyl sites for hydroxylation is 2. The molecule has 0 spiro atoms. The fraction of sp³-hybridized carbons (Fsp3) is 0.167. The lowest BCUT2D eigenvalue weighted by Crippen LogP contribution is -1.98. The maximum Gasteiger partial charge on any atom is 0.203 e. The van der Waals surface area contributed by atoms with Crippen molar-refractivity contribution in [3.05, 3.63) is 64.6 Å². The van der Waals surface area contributed by atoms with Crippen molar-refractivity contribution in [1.29, 1.82) is 0 Å². The van der Waals surface area contributed by atoms with Gasteiger partial charge in [-0.1, -0.05) is 0 Å². The molecule has 3 heterocycles. The second-order valence-corrected chi connectivity index (χ2v) is 6.36. The quantitative estimate of drug-likeness (QED) is 0.527. The molecule has 1 N–H and O–H groups in total. The predicted octanol–water partition coefficient (Wildman–Crippen LogP) is 3.95. The monoisotopic (exact) mass is 385 g/mol. The minimum absolute atomic E-state index is 0.211. The largest absolute Gasteiger partial charge is 0.486 e. The van der Waals surface area contributed by atoms with Gasteiger partial charge in [0.05, 0.1) is 11.4 Å². The summed E-state index contributed by atoms with van der Waals surface area (Å²) in [6, 6.07) is 9.42. The topological polar surface area (TPSA) is 73.8 Å². The Hall–Kier alpha value is -3.20. The van der Waals surface area contributed by atoms with E-state index in [9.17, 15) is 4.39 Å². The molecule has 138 valence electrons. The van der Waals surface area contributed by atoms with E-state index in [-0.39, 0.29) is 12.4 Å². The van der Waals surface area contributed by atoms with Crippen molar-refractivity contribution in [3.8, 4) is 23.0 Å². The summed E-state index contributed by atoms with van der Waals surface area (Å²) < 4.78 is 28.4. The molecule has 27 heavy (non-hydrogen) atoms. The Morgan fingerprint density at radius 2 is 2.00 bits per heavy atom. The molecule has 0 aliphatic heterocycles. The number of hydrogen-bond acceptors (Lipinski definition) is 5. The van der Waals surface area contributed by atoms with Crippen LogP contribution in [0.4, 0.5) is 4.39 Å². The fourth-order valence-corrected chi connectivity index (χ4v) is 2.98. The van der Waals surface area contributed by atoms with Crippen molar-refractivity contribution >= 4 is 12.2 Å². The minimum Gasteiger partial charge on any atom is -0.486 e. The molecule has 7 nitrogen and oxygen atoms in total. The molecule has 4 rings (SSSR count). The predicted molar refractivity (Wildman–Crippen MR) is 98.7 cm³/mol. The molecular formula is C18H16FN5O2S. The van der Waals surface area contributed by atoms with Crippen LogP contribution in [-0.4, -0.2) is 24.5 Å². The number of aromatic amines is 1. The first kappa shape index (κ1) is 17.2. The molecule has 0 atom stereocenters. The third kappa shape index (κ3) is 3.41. The van der Waals surface area contributed by atoms with Crippen LogP contribution in [0, 0.1) is 17.5 Å². The number of furan rings is 1. The third-order valence-corrected chi connectivity index (χ3v) is 4.25. The fourth-order valence-electron chi connectivity index (χ4n) is 2.75. The van der Waals surface area contributed by atoms with Crippen molar-refractivity contribution in [1.82, 2.24) is 24.5 Å². The van der Waals surface area contributed by atoms with Gasteiger partial charge in [-0.05, 0) is 55.5 Å². The van der Waals surface area contributed by atoms with Gasteiger partial charge in [0.15, 0.2) is 10.5 Å². The van der Waals surface area contributed by atoms with E-state index in [1.54, 1.807) is 33.5 Å². The first-order chi connectivity index (χ1) is 13.0. The molecule has 0 fully saturated rings. The minimum atomic E-state index is -0.309. The molecule has 0 amide bonds. The standard InChI is InChI=1S/C18H16FN5O2S/c1-11-15(9-23(2)22-11)24-17(20-21-18(24)27)16-8-7-14(26-16)10-25-13-5-3-12(19)4-6-13/h3-9H,10H2,1-2H3,(H,21,27). The van der Waals surface area contributed by atoms with Gasteiger partial charge in [0, 0.05) is 13.2 Å². The molecule has 0 saturated carbocycles. The zero-order valence-corrected chi connectivity index (χ0v) is 15.5. The molecule has 1 aromatic carbocycles. The Kier molecular flexibility index (Phi) is 4.36. The molecule has 0 aliphatic rings. The molecule has 4 aromatic rings. The van der Waals surface area contributed by atoms with E-state index in [1.807, 2.05) is 20.2 Å². The van der Waals surface area contributed by atoms with Crippen LogP contribution >= 0.6 is 12.2 Å². The van der Waals surface area contributed by atoms with Gasteiger partial charge in [0.25, 0.3) is 0 Å². The number of nitrogens with zero attached hydrogens (tertiary/aromatic N) is 4. The molecule has 9 heteroatoms. The Morgan fingerprint density at radius 1 is 1.22 bits per heavy atom. The average molecular weight is 385 g/mol.